The molecule has 0 saturated heterocycles. The molecule has 0 bridgehead atoms. The average molecular weight is 371 g/mol. The Labute approximate surface area is 156 Å². The molecular weight excluding hydrogens is 350 g/mol. The Morgan fingerprint density at radius 1 is 1.35 bits per heavy atom. The summed E-state index contributed by atoms with van der Waals surface area (Å²) >= 11 is 1.49. The van der Waals surface area contributed by atoms with Crippen LogP contribution in [-0.2, 0) is 13.0 Å². The Balaban J connectivity index is 1.86. The molecule has 1 N–H and O–H groups in total. The van der Waals surface area contributed by atoms with Gasteiger partial charge in [-0.05, 0) is 36.7 Å². The van der Waals surface area contributed by atoms with Crippen LogP contribution in [0.3, 0.4) is 0 Å². The standard InChI is InChI=1S/C19H21N3O3S/c1-4-22-8-7-13-14(10-20)19(26-17(13)11-22)21-18(23)12-5-6-15(24-2)16(9-12)25-3/h5-6,9H,4,7-8,11H2,1-3H3,(H,21,23). The van der Waals surface area contributed by atoms with Crippen LogP contribution >= 0.6 is 11.3 Å². The fourth-order valence-corrected chi connectivity index (χ4v) is 4.32. The third-order valence-electron chi connectivity index (χ3n) is 4.57. The van der Waals surface area contributed by atoms with Gasteiger partial charge in [0.1, 0.15) is 11.1 Å². The number of anilines is 1. The predicted molar refractivity (Wildman–Crippen MR) is 101 cm³/mol. The second-order valence-corrected chi connectivity index (χ2v) is 7.07. The second-order valence-electron chi connectivity index (χ2n) is 5.96. The molecule has 1 aromatic carbocycles. The van der Waals surface area contributed by atoms with Gasteiger partial charge in [0.05, 0.1) is 19.8 Å². The van der Waals surface area contributed by atoms with E-state index >= 15 is 0 Å². The molecular formula is C19H21N3O3S. The number of ether oxygens (including phenoxy) is 2. The fraction of sp³-hybridized carbons (Fsp3) is 0.368. The maximum atomic E-state index is 12.7. The zero-order chi connectivity index (χ0) is 18.7. The molecule has 1 aliphatic rings. The second kappa shape index (κ2) is 7.77. The summed E-state index contributed by atoms with van der Waals surface area (Å²) < 4.78 is 10.5. The lowest BCUT2D eigenvalue weighted by atomic mass is 10.0. The Morgan fingerprint density at radius 3 is 2.77 bits per heavy atom. The first-order chi connectivity index (χ1) is 12.6. The normalized spacial score (nSPS) is 13.6. The van der Waals surface area contributed by atoms with Crippen molar-refractivity contribution in [3.8, 4) is 17.6 Å². The summed E-state index contributed by atoms with van der Waals surface area (Å²) in [7, 11) is 3.08. The van der Waals surface area contributed by atoms with Crippen LogP contribution in [0.5, 0.6) is 11.5 Å². The van der Waals surface area contributed by atoms with Crippen molar-refractivity contribution in [2.75, 3.05) is 32.6 Å². The number of carbonyl (C=O) groups is 1. The van der Waals surface area contributed by atoms with E-state index in [1.807, 2.05) is 0 Å². The number of nitrogens with zero attached hydrogens (tertiary/aromatic N) is 2. The molecule has 26 heavy (non-hydrogen) atoms. The molecule has 7 heteroatoms. The molecule has 0 aliphatic carbocycles. The molecule has 136 valence electrons. The molecule has 2 heterocycles. The Bertz CT molecular complexity index is 870. The van der Waals surface area contributed by atoms with E-state index in [9.17, 15) is 10.1 Å². The number of nitriles is 1. The van der Waals surface area contributed by atoms with Crippen LogP contribution in [0, 0.1) is 11.3 Å². The highest BCUT2D eigenvalue weighted by molar-refractivity contribution is 7.16. The van der Waals surface area contributed by atoms with Crippen molar-refractivity contribution in [3.63, 3.8) is 0 Å². The van der Waals surface area contributed by atoms with Crippen molar-refractivity contribution in [3.05, 3.63) is 39.8 Å². The topological polar surface area (TPSA) is 74.6 Å². The zero-order valence-electron chi connectivity index (χ0n) is 15.1. The summed E-state index contributed by atoms with van der Waals surface area (Å²) in [5, 5.41) is 13.1. The van der Waals surface area contributed by atoms with Gasteiger partial charge in [0, 0.05) is 23.5 Å². The lowest BCUT2D eigenvalue weighted by molar-refractivity contribution is 0.102. The monoisotopic (exact) mass is 371 g/mol. The molecule has 0 atom stereocenters. The molecule has 0 unspecified atom stereocenters. The molecule has 6 nitrogen and oxygen atoms in total. The van der Waals surface area contributed by atoms with Crippen molar-refractivity contribution >= 4 is 22.2 Å². The lowest BCUT2D eigenvalue weighted by Gasteiger charge is -2.24. The largest absolute Gasteiger partial charge is 0.493 e. The third kappa shape index (κ3) is 3.39. The van der Waals surface area contributed by atoms with E-state index in [0.717, 1.165) is 36.5 Å². The fourth-order valence-electron chi connectivity index (χ4n) is 3.09. The van der Waals surface area contributed by atoms with E-state index in [2.05, 4.69) is 23.2 Å². The minimum atomic E-state index is -0.270. The van der Waals surface area contributed by atoms with Crippen LogP contribution < -0.4 is 14.8 Å². The van der Waals surface area contributed by atoms with E-state index in [-0.39, 0.29) is 5.91 Å². The number of benzene rings is 1. The smallest absolute Gasteiger partial charge is 0.256 e. The van der Waals surface area contributed by atoms with Crippen LogP contribution in [-0.4, -0.2) is 38.1 Å². The Hall–Kier alpha value is -2.56. The van der Waals surface area contributed by atoms with Gasteiger partial charge in [0.2, 0.25) is 0 Å². The van der Waals surface area contributed by atoms with E-state index in [4.69, 9.17) is 9.47 Å². The van der Waals surface area contributed by atoms with Crippen molar-refractivity contribution in [1.29, 1.82) is 5.26 Å². The molecule has 3 rings (SSSR count). The summed E-state index contributed by atoms with van der Waals surface area (Å²) in [4.78, 5) is 16.2. The number of nitrogens with one attached hydrogen (secondary N) is 1. The molecule has 2 aromatic rings. The van der Waals surface area contributed by atoms with Gasteiger partial charge >= 0.3 is 0 Å². The van der Waals surface area contributed by atoms with Gasteiger partial charge in [0.15, 0.2) is 11.5 Å². The number of thiophene rings is 1. The van der Waals surface area contributed by atoms with Gasteiger partial charge < -0.3 is 14.8 Å². The molecule has 1 aliphatic heterocycles. The molecule has 1 aromatic heterocycles. The molecule has 0 saturated carbocycles. The minimum Gasteiger partial charge on any atom is -0.493 e. The Morgan fingerprint density at radius 2 is 2.12 bits per heavy atom. The summed E-state index contributed by atoms with van der Waals surface area (Å²) in [6.07, 6.45) is 0.842. The number of fused-ring (bicyclic) bond motifs is 1. The average Bonchev–Trinajstić information content (AvgIpc) is 3.02. The van der Waals surface area contributed by atoms with E-state index < -0.39 is 0 Å². The number of hydrogen-bond donors (Lipinski definition) is 1. The highest BCUT2D eigenvalue weighted by atomic mass is 32.1. The van der Waals surface area contributed by atoms with Crippen LogP contribution in [0.25, 0.3) is 0 Å². The molecule has 0 radical (unpaired) electrons. The van der Waals surface area contributed by atoms with E-state index in [1.54, 1.807) is 25.3 Å². The number of hydrogen-bond acceptors (Lipinski definition) is 6. The first-order valence-corrected chi connectivity index (χ1v) is 9.23. The molecule has 0 fully saturated rings. The van der Waals surface area contributed by atoms with E-state index in [1.165, 1.54) is 18.4 Å². The first kappa shape index (κ1) is 18.2. The minimum absolute atomic E-state index is 0.270. The van der Waals surface area contributed by atoms with Crippen LogP contribution in [0.2, 0.25) is 0 Å². The van der Waals surface area contributed by atoms with Crippen molar-refractivity contribution in [1.82, 2.24) is 4.90 Å². The van der Waals surface area contributed by atoms with Gasteiger partial charge in [-0.2, -0.15) is 5.26 Å². The molecule has 0 spiro atoms. The maximum Gasteiger partial charge on any atom is 0.256 e. The van der Waals surface area contributed by atoms with Gasteiger partial charge in [-0.3, -0.25) is 9.69 Å². The quantitative estimate of drug-likeness (QED) is 0.873. The van der Waals surface area contributed by atoms with Crippen molar-refractivity contribution < 1.29 is 14.3 Å². The number of amides is 1. The maximum absolute atomic E-state index is 12.7. The zero-order valence-corrected chi connectivity index (χ0v) is 15.9. The highest BCUT2D eigenvalue weighted by Gasteiger charge is 2.25. The third-order valence-corrected chi connectivity index (χ3v) is 5.70. The lowest BCUT2D eigenvalue weighted by Crippen LogP contribution is -2.29. The number of rotatable bonds is 5. The summed E-state index contributed by atoms with van der Waals surface area (Å²) in [6, 6.07) is 7.27. The number of likely N-dealkylation sites (N-methyl/N-ethyl adjacent to an activating group) is 1. The highest BCUT2D eigenvalue weighted by Crippen LogP contribution is 2.37. The van der Waals surface area contributed by atoms with Crippen LogP contribution in [0.4, 0.5) is 5.00 Å². The number of methoxy groups -OCH3 is 2. The number of carbonyl (C=O) groups excluding carboxylic acids is 1. The summed E-state index contributed by atoms with van der Waals surface area (Å²) in [6.45, 7) is 4.88. The summed E-state index contributed by atoms with van der Waals surface area (Å²) in [5.41, 5.74) is 2.12. The van der Waals surface area contributed by atoms with Crippen molar-refractivity contribution in [2.45, 2.75) is 19.9 Å². The van der Waals surface area contributed by atoms with Crippen molar-refractivity contribution in [2.24, 2.45) is 0 Å². The first-order valence-electron chi connectivity index (χ1n) is 8.41. The molecule has 1 amide bonds. The Kier molecular flexibility index (Phi) is 5.45. The SMILES string of the molecule is CCN1CCc2c(sc(NC(=O)c3ccc(OC)c(OC)c3)c2C#N)C1. The summed E-state index contributed by atoms with van der Waals surface area (Å²) in [5.74, 6) is 0.783. The van der Waals surface area contributed by atoms with E-state index in [0.29, 0.717) is 27.6 Å². The predicted octanol–water partition coefficient (Wildman–Crippen LogP) is 3.27. The van der Waals surface area contributed by atoms with Gasteiger partial charge in [0.25, 0.3) is 5.91 Å². The van der Waals surface area contributed by atoms with Gasteiger partial charge in [-0.1, -0.05) is 6.92 Å². The van der Waals surface area contributed by atoms with Gasteiger partial charge in [-0.25, -0.2) is 0 Å². The van der Waals surface area contributed by atoms with Gasteiger partial charge in [-0.15, -0.1) is 11.3 Å². The van der Waals surface area contributed by atoms with Crippen LogP contribution in [0.1, 0.15) is 33.3 Å². The van der Waals surface area contributed by atoms with Crippen LogP contribution in [0.15, 0.2) is 18.2 Å².